The molecule has 4 amide bonds. The number of urea groups is 1. The molecule has 2 aliphatic rings. The lowest BCUT2D eigenvalue weighted by Crippen LogP contribution is -2.61. The van der Waals surface area contributed by atoms with Crippen LogP contribution in [0.3, 0.4) is 0 Å². The molecule has 0 bridgehead atoms. The molecule has 1 atom stereocenters. The zero-order valence-corrected chi connectivity index (χ0v) is 11.8. The number of carboxylic acids is 1. The monoisotopic (exact) mass is 297 g/mol. The van der Waals surface area contributed by atoms with Crippen molar-refractivity contribution in [3.05, 3.63) is 0 Å². The van der Waals surface area contributed by atoms with Crippen molar-refractivity contribution in [3.8, 4) is 0 Å². The van der Waals surface area contributed by atoms with Crippen LogP contribution in [0.1, 0.15) is 32.6 Å². The molecule has 0 aromatic carbocycles. The standard InChI is InChI=1S/C13H19N3O5/c1-7-11(18)15-10(17)6-16(7)13(21)14-9-4-2-8(3-5-9)12(19)20/h7-9H,2-6H2,1H3,(H,14,21)(H,19,20)(H,15,17,18). The van der Waals surface area contributed by atoms with Gasteiger partial charge in [-0.25, -0.2) is 4.79 Å². The van der Waals surface area contributed by atoms with Gasteiger partial charge in [0.1, 0.15) is 12.6 Å². The number of hydrogen-bond acceptors (Lipinski definition) is 4. The van der Waals surface area contributed by atoms with Crippen LogP contribution < -0.4 is 10.6 Å². The molecule has 1 aliphatic heterocycles. The van der Waals surface area contributed by atoms with E-state index < -0.39 is 29.9 Å². The van der Waals surface area contributed by atoms with E-state index in [1.54, 1.807) is 6.92 Å². The average Bonchev–Trinajstić information content (AvgIpc) is 2.43. The number of hydrogen-bond donors (Lipinski definition) is 3. The number of nitrogens with one attached hydrogen (secondary N) is 2. The summed E-state index contributed by atoms with van der Waals surface area (Å²) >= 11 is 0. The van der Waals surface area contributed by atoms with Gasteiger partial charge >= 0.3 is 12.0 Å². The van der Waals surface area contributed by atoms with Gasteiger partial charge in [0.15, 0.2) is 0 Å². The largest absolute Gasteiger partial charge is 0.481 e. The SMILES string of the molecule is CC1C(=O)NC(=O)CN1C(=O)NC1CCC(C(=O)O)CC1. The van der Waals surface area contributed by atoms with Crippen molar-refractivity contribution in [2.75, 3.05) is 6.54 Å². The van der Waals surface area contributed by atoms with Gasteiger partial charge in [-0.15, -0.1) is 0 Å². The fourth-order valence-electron chi connectivity index (χ4n) is 2.70. The smallest absolute Gasteiger partial charge is 0.318 e. The van der Waals surface area contributed by atoms with Crippen LogP contribution in [0.4, 0.5) is 4.79 Å². The first-order valence-corrected chi connectivity index (χ1v) is 7.02. The molecule has 1 heterocycles. The minimum Gasteiger partial charge on any atom is -0.481 e. The quantitative estimate of drug-likeness (QED) is 0.604. The zero-order chi connectivity index (χ0) is 15.6. The molecule has 2 fully saturated rings. The molecule has 3 N–H and O–H groups in total. The predicted molar refractivity (Wildman–Crippen MR) is 71.2 cm³/mol. The number of rotatable bonds is 2. The Morgan fingerprint density at radius 2 is 1.86 bits per heavy atom. The molecule has 0 aromatic rings. The highest BCUT2D eigenvalue weighted by molar-refractivity contribution is 6.03. The lowest BCUT2D eigenvalue weighted by molar-refractivity contribution is -0.143. The maximum atomic E-state index is 12.1. The van der Waals surface area contributed by atoms with E-state index in [1.165, 1.54) is 4.90 Å². The minimum atomic E-state index is -0.799. The fraction of sp³-hybridized carbons (Fsp3) is 0.692. The number of piperazine rings is 1. The molecule has 1 aliphatic carbocycles. The molecule has 8 heteroatoms. The van der Waals surface area contributed by atoms with Gasteiger partial charge in [0.2, 0.25) is 11.8 Å². The summed E-state index contributed by atoms with van der Waals surface area (Å²) in [6, 6.07) is -1.26. The van der Waals surface area contributed by atoms with Gasteiger partial charge in [-0.1, -0.05) is 0 Å². The highest BCUT2D eigenvalue weighted by Gasteiger charge is 2.35. The zero-order valence-electron chi connectivity index (χ0n) is 11.8. The molecule has 21 heavy (non-hydrogen) atoms. The third-order valence-electron chi connectivity index (χ3n) is 4.09. The van der Waals surface area contributed by atoms with Crippen molar-refractivity contribution in [1.82, 2.24) is 15.5 Å². The van der Waals surface area contributed by atoms with E-state index in [1.807, 2.05) is 0 Å². The molecular weight excluding hydrogens is 278 g/mol. The predicted octanol–water partition coefficient (Wildman–Crippen LogP) is -0.314. The van der Waals surface area contributed by atoms with Crippen LogP contribution in [0.2, 0.25) is 0 Å². The van der Waals surface area contributed by atoms with E-state index in [0.29, 0.717) is 25.7 Å². The maximum Gasteiger partial charge on any atom is 0.318 e. The minimum absolute atomic E-state index is 0.111. The molecule has 0 spiro atoms. The number of nitrogens with zero attached hydrogens (tertiary/aromatic N) is 1. The second-order valence-electron chi connectivity index (χ2n) is 5.55. The lowest BCUT2D eigenvalue weighted by atomic mass is 9.86. The first kappa shape index (κ1) is 15.3. The second-order valence-corrected chi connectivity index (χ2v) is 5.55. The van der Waals surface area contributed by atoms with Gasteiger partial charge in [0.25, 0.3) is 0 Å². The average molecular weight is 297 g/mol. The van der Waals surface area contributed by atoms with Crippen molar-refractivity contribution in [1.29, 1.82) is 0 Å². The summed E-state index contributed by atoms with van der Waals surface area (Å²) in [6.45, 7) is 1.41. The molecule has 1 unspecified atom stereocenters. The summed E-state index contributed by atoms with van der Waals surface area (Å²) in [7, 11) is 0. The van der Waals surface area contributed by atoms with Crippen molar-refractivity contribution in [3.63, 3.8) is 0 Å². The number of carboxylic acid groups (broad SMARTS) is 1. The molecule has 0 aromatic heterocycles. The Labute approximate surface area is 121 Å². The molecule has 116 valence electrons. The molecule has 8 nitrogen and oxygen atoms in total. The van der Waals surface area contributed by atoms with Gasteiger partial charge in [0.05, 0.1) is 5.92 Å². The van der Waals surface area contributed by atoms with E-state index >= 15 is 0 Å². The Balaban J connectivity index is 1.88. The summed E-state index contributed by atoms with van der Waals surface area (Å²) in [5, 5.41) is 13.9. The number of carbonyl (C=O) groups is 4. The Hall–Kier alpha value is -2.12. The summed E-state index contributed by atoms with van der Waals surface area (Å²) in [5.41, 5.74) is 0. The molecule has 2 rings (SSSR count). The Bertz CT molecular complexity index is 470. The Kier molecular flexibility index (Phi) is 4.44. The van der Waals surface area contributed by atoms with Crippen LogP contribution in [0.25, 0.3) is 0 Å². The summed E-state index contributed by atoms with van der Waals surface area (Å²) in [5.74, 6) is -2.13. The van der Waals surface area contributed by atoms with Gasteiger partial charge in [-0.2, -0.15) is 0 Å². The molecule has 1 saturated heterocycles. The number of aliphatic carboxylic acids is 1. The fourth-order valence-corrected chi connectivity index (χ4v) is 2.70. The maximum absolute atomic E-state index is 12.1. The number of imide groups is 1. The van der Waals surface area contributed by atoms with Crippen molar-refractivity contribution >= 4 is 23.8 Å². The summed E-state index contributed by atoms with van der Waals surface area (Å²) < 4.78 is 0. The Morgan fingerprint density at radius 3 is 2.43 bits per heavy atom. The third kappa shape index (κ3) is 3.50. The van der Waals surface area contributed by atoms with Crippen molar-refractivity contribution in [2.45, 2.75) is 44.7 Å². The molecule has 1 saturated carbocycles. The first-order chi connectivity index (χ1) is 9.88. The van der Waals surface area contributed by atoms with E-state index in [-0.39, 0.29) is 18.5 Å². The second kappa shape index (κ2) is 6.11. The highest BCUT2D eigenvalue weighted by atomic mass is 16.4. The van der Waals surface area contributed by atoms with Crippen LogP contribution in [-0.4, -0.2) is 52.4 Å². The van der Waals surface area contributed by atoms with Crippen LogP contribution >= 0.6 is 0 Å². The van der Waals surface area contributed by atoms with E-state index in [2.05, 4.69) is 10.6 Å². The normalized spacial score (nSPS) is 29.8. The molecule has 0 radical (unpaired) electrons. The van der Waals surface area contributed by atoms with Crippen LogP contribution in [-0.2, 0) is 14.4 Å². The van der Waals surface area contributed by atoms with Crippen molar-refractivity contribution < 1.29 is 24.3 Å². The van der Waals surface area contributed by atoms with Gasteiger partial charge in [-0.3, -0.25) is 19.7 Å². The van der Waals surface area contributed by atoms with Crippen LogP contribution in [0.15, 0.2) is 0 Å². The van der Waals surface area contributed by atoms with E-state index in [9.17, 15) is 19.2 Å². The lowest BCUT2D eigenvalue weighted by Gasteiger charge is -2.34. The van der Waals surface area contributed by atoms with Crippen molar-refractivity contribution in [2.24, 2.45) is 5.92 Å². The topological polar surface area (TPSA) is 116 Å². The van der Waals surface area contributed by atoms with E-state index in [4.69, 9.17) is 5.11 Å². The number of carbonyl (C=O) groups excluding carboxylic acids is 3. The van der Waals surface area contributed by atoms with Crippen LogP contribution in [0.5, 0.6) is 0 Å². The molecular formula is C13H19N3O5. The van der Waals surface area contributed by atoms with Gasteiger partial charge in [-0.05, 0) is 32.6 Å². The Morgan fingerprint density at radius 1 is 1.24 bits per heavy atom. The third-order valence-corrected chi connectivity index (χ3v) is 4.09. The van der Waals surface area contributed by atoms with Crippen LogP contribution in [0, 0.1) is 5.92 Å². The highest BCUT2D eigenvalue weighted by Crippen LogP contribution is 2.24. The van der Waals surface area contributed by atoms with Gasteiger partial charge < -0.3 is 15.3 Å². The summed E-state index contributed by atoms with van der Waals surface area (Å²) in [6.07, 6.45) is 2.22. The first-order valence-electron chi connectivity index (χ1n) is 7.02. The van der Waals surface area contributed by atoms with E-state index in [0.717, 1.165) is 0 Å². The summed E-state index contributed by atoms with van der Waals surface area (Å²) in [4.78, 5) is 47.1. The van der Waals surface area contributed by atoms with Gasteiger partial charge in [0, 0.05) is 6.04 Å². The number of amides is 4.